The molecule has 0 aromatic carbocycles. The molecule has 0 radical (unpaired) electrons. The molecule has 1 fully saturated rings. The minimum atomic E-state index is -0.449. The summed E-state index contributed by atoms with van der Waals surface area (Å²) in [5.41, 5.74) is 3.44. The second-order valence-electron chi connectivity index (χ2n) is 3.36. The fourth-order valence-electron chi connectivity index (χ4n) is 1.47. The second-order valence-corrected chi connectivity index (χ2v) is 3.36. The van der Waals surface area contributed by atoms with Crippen LogP contribution >= 0.6 is 0 Å². The highest BCUT2D eigenvalue weighted by Crippen LogP contribution is 2.22. The highest BCUT2D eigenvalue weighted by molar-refractivity contribution is 5.58. The number of ether oxygens (including phenoxy) is 1. The molecule has 2 rings (SSSR count). The van der Waals surface area contributed by atoms with Gasteiger partial charge >= 0.3 is 5.69 Å². The lowest BCUT2D eigenvalue weighted by molar-refractivity contribution is -0.384. The predicted octanol–water partition coefficient (Wildman–Crippen LogP) is 0.649. The predicted molar refractivity (Wildman–Crippen MR) is 56.9 cm³/mol. The molecule has 1 saturated heterocycles. The third-order valence-electron chi connectivity index (χ3n) is 2.29. The van der Waals surface area contributed by atoms with E-state index in [9.17, 15) is 10.1 Å². The number of nitrogens with zero attached hydrogens (tertiary/aromatic N) is 3. The van der Waals surface area contributed by atoms with Crippen molar-refractivity contribution in [1.29, 1.82) is 0 Å². The maximum atomic E-state index is 10.7. The Morgan fingerprint density at radius 3 is 2.94 bits per heavy atom. The zero-order valence-corrected chi connectivity index (χ0v) is 8.63. The summed E-state index contributed by atoms with van der Waals surface area (Å²) in [7, 11) is 0. The van der Waals surface area contributed by atoms with E-state index in [4.69, 9.17) is 4.74 Å². The smallest absolute Gasteiger partial charge is 0.311 e. The van der Waals surface area contributed by atoms with Crippen LogP contribution in [-0.2, 0) is 4.74 Å². The number of anilines is 1. The number of hydrogen-bond donors (Lipinski definition) is 1. The summed E-state index contributed by atoms with van der Waals surface area (Å²) in [6, 6.07) is 1.59. The SMILES string of the molecule is O=[N+]([O-])c1cnccc1NN1CCOCC1. The molecule has 2 heterocycles. The highest BCUT2D eigenvalue weighted by Gasteiger charge is 2.17. The fourth-order valence-corrected chi connectivity index (χ4v) is 1.47. The van der Waals surface area contributed by atoms with Gasteiger partial charge in [-0.2, -0.15) is 0 Å². The van der Waals surface area contributed by atoms with Crippen molar-refractivity contribution in [3.63, 3.8) is 0 Å². The number of hydrogen-bond acceptors (Lipinski definition) is 6. The van der Waals surface area contributed by atoms with Crippen LogP contribution in [0.3, 0.4) is 0 Å². The van der Waals surface area contributed by atoms with Gasteiger partial charge in [-0.1, -0.05) is 0 Å². The van der Waals surface area contributed by atoms with Gasteiger partial charge in [0.25, 0.3) is 0 Å². The number of morpholine rings is 1. The Balaban J connectivity index is 2.10. The van der Waals surface area contributed by atoms with E-state index >= 15 is 0 Å². The van der Waals surface area contributed by atoms with Crippen molar-refractivity contribution in [2.24, 2.45) is 0 Å². The average molecular weight is 224 g/mol. The lowest BCUT2D eigenvalue weighted by atomic mass is 10.3. The third-order valence-corrected chi connectivity index (χ3v) is 2.29. The minimum Gasteiger partial charge on any atom is -0.379 e. The van der Waals surface area contributed by atoms with Crippen molar-refractivity contribution in [3.05, 3.63) is 28.6 Å². The number of nitrogens with one attached hydrogen (secondary N) is 1. The lowest BCUT2D eigenvalue weighted by Crippen LogP contribution is -2.40. The molecule has 7 nitrogen and oxygen atoms in total. The molecule has 1 aromatic heterocycles. The largest absolute Gasteiger partial charge is 0.379 e. The lowest BCUT2D eigenvalue weighted by Gasteiger charge is -2.27. The van der Waals surface area contributed by atoms with Crippen LogP contribution < -0.4 is 5.43 Å². The maximum Gasteiger partial charge on any atom is 0.311 e. The molecular weight excluding hydrogens is 212 g/mol. The molecule has 0 aliphatic carbocycles. The number of hydrazine groups is 1. The molecular formula is C9H12N4O3. The van der Waals surface area contributed by atoms with Gasteiger partial charge in [0.05, 0.1) is 18.1 Å². The Kier molecular flexibility index (Phi) is 3.28. The summed E-state index contributed by atoms with van der Waals surface area (Å²) < 4.78 is 5.19. The van der Waals surface area contributed by atoms with Gasteiger partial charge in [-0.25, -0.2) is 5.01 Å². The van der Waals surface area contributed by atoms with Gasteiger partial charge in [-0.15, -0.1) is 0 Å². The molecule has 1 N–H and O–H groups in total. The van der Waals surface area contributed by atoms with Gasteiger partial charge in [-0.3, -0.25) is 15.1 Å². The van der Waals surface area contributed by atoms with Crippen LogP contribution in [0.2, 0.25) is 0 Å². The van der Waals surface area contributed by atoms with Gasteiger partial charge in [0.1, 0.15) is 11.9 Å². The van der Waals surface area contributed by atoms with Gasteiger partial charge in [0, 0.05) is 19.3 Å². The van der Waals surface area contributed by atoms with E-state index in [1.165, 1.54) is 12.4 Å². The zero-order chi connectivity index (χ0) is 11.4. The molecule has 0 spiro atoms. The van der Waals surface area contributed by atoms with Crippen LogP contribution in [0.5, 0.6) is 0 Å². The molecule has 1 aliphatic heterocycles. The molecule has 16 heavy (non-hydrogen) atoms. The molecule has 0 bridgehead atoms. The van der Waals surface area contributed by atoms with E-state index in [0.717, 1.165) is 0 Å². The first kappa shape index (κ1) is 10.8. The Morgan fingerprint density at radius 2 is 2.25 bits per heavy atom. The second kappa shape index (κ2) is 4.86. The topological polar surface area (TPSA) is 80.5 Å². The Bertz CT molecular complexity index is 379. The summed E-state index contributed by atoms with van der Waals surface area (Å²) in [5, 5.41) is 12.6. The van der Waals surface area contributed by atoms with Crippen molar-refractivity contribution in [2.75, 3.05) is 31.7 Å². The Labute approximate surface area is 92.2 Å². The molecule has 7 heteroatoms. The standard InChI is InChI=1S/C9H12N4O3/c14-13(15)9-7-10-2-1-8(9)11-12-3-5-16-6-4-12/h1-2,7H,3-6H2,(H,10,11). The first-order valence-corrected chi connectivity index (χ1v) is 4.95. The van der Waals surface area contributed by atoms with Gasteiger partial charge in [0.2, 0.25) is 0 Å². The van der Waals surface area contributed by atoms with E-state index in [0.29, 0.717) is 32.0 Å². The van der Waals surface area contributed by atoms with Crippen LogP contribution in [0.4, 0.5) is 11.4 Å². The van der Waals surface area contributed by atoms with Crippen LogP contribution in [0.15, 0.2) is 18.5 Å². The average Bonchev–Trinajstić information content (AvgIpc) is 2.31. The Morgan fingerprint density at radius 1 is 1.50 bits per heavy atom. The molecule has 1 aliphatic rings. The summed E-state index contributed by atoms with van der Waals surface area (Å²) in [6.07, 6.45) is 2.76. The molecule has 0 unspecified atom stereocenters. The molecule has 86 valence electrons. The summed E-state index contributed by atoms with van der Waals surface area (Å²) in [5.74, 6) is 0. The van der Waals surface area contributed by atoms with Gasteiger partial charge in [-0.05, 0) is 6.07 Å². The summed E-state index contributed by atoms with van der Waals surface area (Å²) in [4.78, 5) is 14.0. The van der Waals surface area contributed by atoms with Crippen molar-refractivity contribution in [1.82, 2.24) is 9.99 Å². The number of rotatable bonds is 3. The van der Waals surface area contributed by atoms with Crippen LogP contribution in [0, 0.1) is 10.1 Å². The first-order chi connectivity index (χ1) is 7.77. The normalized spacial score (nSPS) is 17.0. The van der Waals surface area contributed by atoms with E-state index < -0.39 is 4.92 Å². The minimum absolute atomic E-state index is 0.0195. The van der Waals surface area contributed by atoms with E-state index in [2.05, 4.69) is 10.4 Å². The molecule has 0 atom stereocenters. The van der Waals surface area contributed by atoms with Crippen LogP contribution in [0.25, 0.3) is 0 Å². The van der Waals surface area contributed by atoms with Crippen molar-refractivity contribution >= 4 is 11.4 Å². The first-order valence-electron chi connectivity index (χ1n) is 4.95. The fraction of sp³-hybridized carbons (Fsp3) is 0.444. The number of aromatic nitrogens is 1. The van der Waals surface area contributed by atoms with Crippen molar-refractivity contribution in [3.8, 4) is 0 Å². The monoisotopic (exact) mass is 224 g/mol. The van der Waals surface area contributed by atoms with Crippen molar-refractivity contribution < 1.29 is 9.66 Å². The highest BCUT2D eigenvalue weighted by atomic mass is 16.6. The quantitative estimate of drug-likeness (QED) is 0.599. The number of pyridine rings is 1. The van der Waals surface area contributed by atoms with E-state index in [1.807, 2.05) is 5.01 Å². The summed E-state index contributed by atoms with van der Waals surface area (Å²) in [6.45, 7) is 2.68. The Hall–Kier alpha value is -1.73. The van der Waals surface area contributed by atoms with Crippen LogP contribution in [0.1, 0.15) is 0 Å². The van der Waals surface area contributed by atoms with Gasteiger partial charge in [0.15, 0.2) is 0 Å². The molecule has 0 amide bonds. The molecule has 1 aromatic rings. The third kappa shape index (κ3) is 2.44. The summed E-state index contributed by atoms with van der Waals surface area (Å²) >= 11 is 0. The van der Waals surface area contributed by atoms with E-state index in [-0.39, 0.29) is 5.69 Å². The van der Waals surface area contributed by atoms with Crippen molar-refractivity contribution in [2.45, 2.75) is 0 Å². The van der Waals surface area contributed by atoms with E-state index in [1.54, 1.807) is 6.07 Å². The maximum absolute atomic E-state index is 10.7. The van der Waals surface area contributed by atoms with Crippen LogP contribution in [-0.4, -0.2) is 41.2 Å². The van der Waals surface area contributed by atoms with Gasteiger partial charge < -0.3 is 10.2 Å². The zero-order valence-electron chi connectivity index (χ0n) is 8.63. The number of nitro groups is 1. The molecule has 0 saturated carbocycles.